The Hall–Kier alpha value is -2.95. The predicted octanol–water partition coefficient (Wildman–Crippen LogP) is 9.47. The third-order valence-corrected chi connectivity index (χ3v) is 6.61. The molecule has 0 unspecified atom stereocenters. The van der Waals surface area contributed by atoms with Gasteiger partial charge in [0.05, 0.1) is 32.5 Å². The Balaban J connectivity index is 2.22. The monoisotopic (exact) mass is 538 g/mol. The normalized spacial score (nSPS) is 11.1. The van der Waals surface area contributed by atoms with Crippen LogP contribution in [0.2, 0.25) is 0 Å². The molecule has 39 heavy (non-hydrogen) atoms. The number of ether oxygens (including phenoxy) is 4. The quantitative estimate of drug-likeness (QED) is 0.0849. The molecule has 0 spiro atoms. The zero-order chi connectivity index (χ0) is 28.1. The second-order valence-corrected chi connectivity index (χ2v) is 9.96. The predicted molar refractivity (Wildman–Crippen MR) is 162 cm³/mol. The lowest BCUT2D eigenvalue weighted by Crippen LogP contribution is -2.04. The molecule has 0 bridgehead atoms. The van der Waals surface area contributed by atoms with Crippen molar-refractivity contribution in [2.75, 3.05) is 26.9 Å². The van der Waals surface area contributed by atoms with E-state index in [4.69, 9.17) is 18.9 Å². The van der Waals surface area contributed by atoms with Crippen molar-refractivity contribution in [1.82, 2.24) is 0 Å². The van der Waals surface area contributed by atoms with Crippen molar-refractivity contribution in [3.63, 3.8) is 0 Å². The van der Waals surface area contributed by atoms with Gasteiger partial charge in [0.15, 0.2) is 17.3 Å². The van der Waals surface area contributed by atoms with E-state index in [1.54, 1.807) is 19.3 Å². The Morgan fingerprint density at radius 1 is 0.692 bits per heavy atom. The third kappa shape index (κ3) is 12.2. The van der Waals surface area contributed by atoms with Gasteiger partial charge in [0.25, 0.3) is 0 Å². The summed E-state index contributed by atoms with van der Waals surface area (Å²) < 4.78 is 23.9. The lowest BCUT2D eigenvalue weighted by molar-refractivity contribution is 0.104. The lowest BCUT2D eigenvalue weighted by Gasteiger charge is -2.16. The average molecular weight is 539 g/mol. The number of benzene rings is 2. The van der Waals surface area contributed by atoms with Crippen LogP contribution in [-0.4, -0.2) is 32.7 Å². The molecule has 0 aromatic heterocycles. The summed E-state index contributed by atoms with van der Waals surface area (Å²) in [6.07, 6.45) is 16.9. The molecule has 0 saturated heterocycles. The molecule has 0 fully saturated rings. The fraction of sp³-hybridized carbons (Fsp3) is 0.559. The van der Waals surface area contributed by atoms with Gasteiger partial charge < -0.3 is 18.9 Å². The molecule has 216 valence electrons. The van der Waals surface area contributed by atoms with E-state index in [2.05, 4.69) is 20.8 Å². The van der Waals surface area contributed by atoms with E-state index < -0.39 is 0 Å². The third-order valence-electron chi connectivity index (χ3n) is 6.61. The minimum absolute atomic E-state index is 0.113. The smallest absolute Gasteiger partial charge is 0.189 e. The van der Waals surface area contributed by atoms with Crippen LogP contribution in [0.5, 0.6) is 23.0 Å². The van der Waals surface area contributed by atoms with Crippen LogP contribution in [0.15, 0.2) is 42.5 Å². The maximum Gasteiger partial charge on any atom is 0.189 e. The van der Waals surface area contributed by atoms with E-state index in [9.17, 15) is 4.79 Å². The number of methoxy groups -OCH3 is 1. The molecule has 2 aromatic rings. The molecule has 0 amide bonds. The van der Waals surface area contributed by atoms with Crippen LogP contribution in [0.25, 0.3) is 6.08 Å². The zero-order valence-electron chi connectivity index (χ0n) is 24.8. The Kier molecular flexibility index (Phi) is 16.6. The molecule has 0 aliphatic heterocycles. The van der Waals surface area contributed by atoms with Gasteiger partial charge in [-0.15, -0.1) is 0 Å². The zero-order valence-corrected chi connectivity index (χ0v) is 24.8. The molecule has 0 atom stereocenters. The van der Waals surface area contributed by atoms with Gasteiger partial charge in [-0.3, -0.25) is 4.79 Å². The first-order valence-corrected chi connectivity index (χ1v) is 15.1. The van der Waals surface area contributed by atoms with E-state index in [1.165, 1.54) is 38.5 Å². The van der Waals surface area contributed by atoms with Crippen LogP contribution in [-0.2, 0) is 0 Å². The minimum atomic E-state index is -0.113. The van der Waals surface area contributed by atoms with E-state index in [1.807, 2.05) is 36.4 Å². The summed E-state index contributed by atoms with van der Waals surface area (Å²) in [4.78, 5) is 13.3. The number of unbranched alkanes of at least 4 members (excludes halogenated alkanes) is 9. The number of ketones is 1. The number of para-hydroxylation sites is 1. The lowest BCUT2D eigenvalue weighted by atomic mass is 10.1. The summed E-state index contributed by atoms with van der Waals surface area (Å²) in [5.74, 6) is 2.47. The first-order chi connectivity index (χ1) is 19.1. The number of allylic oxidation sites excluding steroid dienone is 1. The first-order valence-electron chi connectivity index (χ1n) is 15.1. The van der Waals surface area contributed by atoms with E-state index >= 15 is 0 Å². The summed E-state index contributed by atoms with van der Waals surface area (Å²) in [6.45, 7) is 8.43. The molecule has 2 aromatic carbocycles. The van der Waals surface area contributed by atoms with Crippen molar-refractivity contribution in [2.24, 2.45) is 0 Å². The highest BCUT2D eigenvalue weighted by molar-refractivity contribution is 6.08. The van der Waals surface area contributed by atoms with Gasteiger partial charge in [-0.2, -0.15) is 0 Å². The topological polar surface area (TPSA) is 54.0 Å². The van der Waals surface area contributed by atoms with Crippen molar-refractivity contribution in [1.29, 1.82) is 0 Å². The molecule has 0 N–H and O–H groups in total. The van der Waals surface area contributed by atoms with Crippen LogP contribution >= 0.6 is 0 Å². The molecule has 0 heterocycles. The molecule has 5 nitrogen and oxygen atoms in total. The summed E-state index contributed by atoms with van der Waals surface area (Å²) >= 11 is 0. The van der Waals surface area contributed by atoms with Crippen molar-refractivity contribution >= 4 is 11.9 Å². The van der Waals surface area contributed by atoms with E-state index in [-0.39, 0.29) is 5.78 Å². The summed E-state index contributed by atoms with van der Waals surface area (Å²) in [5, 5.41) is 0. The molecular formula is C34H50O5. The SMILES string of the molecule is CCCCCCOc1cc(C=CC(=O)c2ccccc2OCCCCCC)c(OCCCCCC)c(OC)c1. The van der Waals surface area contributed by atoms with E-state index in [0.29, 0.717) is 48.4 Å². The summed E-state index contributed by atoms with van der Waals surface area (Å²) in [6, 6.07) is 11.3. The Morgan fingerprint density at radius 2 is 1.28 bits per heavy atom. The van der Waals surface area contributed by atoms with Crippen LogP contribution in [0.4, 0.5) is 0 Å². The van der Waals surface area contributed by atoms with Gasteiger partial charge in [0.1, 0.15) is 11.5 Å². The number of carbonyl (C=O) groups excluding carboxylic acids is 1. The first kappa shape index (κ1) is 32.3. The number of hydrogen-bond acceptors (Lipinski definition) is 5. The maximum absolute atomic E-state index is 13.3. The van der Waals surface area contributed by atoms with E-state index in [0.717, 1.165) is 44.1 Å². The Morgan fingerprint density at radius 3 is 1.90 bits per heavy atom. The largest absolute Gasteiger partial charge is 0.493 e. The number of carbonyl (C=O) groups is 1. The van der Waals surface area contributed by atoms with Gasteiger partial charge in [-0.1, -0.05) is 90.7 Å². The fourth-order valence-corrected chi connectivity index (χ4v) is 4.29. The molecule has 0 aliphatic carbocycles. The van der Waals surface area contributed by atoms with Crippen molar-refractivity contribution in [2.45, 2.75) is 97.8 Å². The highest BCUT2D eigenvalue weighted by Gasteiger charge is 2.15. The molecule has 0 saturated carbocycles. The van der Waals surface area contributed by atoms with Crippen molar-refractivity contribution in [3.8, 4) is 23.0 Å². The van der Waals surface area contributed by atoms with Gasteiger partial charge in [-0.25, -0.2) is 0 Å². The second kappa shape index (κ2) is 20.0. The van der Waals surface area contributed by atoms with Crippen LogP contribution < -0.4 is 18.9 Å². The standard InChI is InChI=1S/C34H50O5/c1-5-8-11-16-23-37-29-26-28(34(33(27-29)36-4)39-25-18-13-10-7-3)21-22-31(35)30-19-14-15-20-32(30)38-24-17-12-9-6-2/h14-15,19-22,26-27H,5-13,16-18,23-25H2,1-4H3. The molecule has 5 heteroatoms. The molecule has 0 aliphatic rings. The highest BCUT2D eigenvalue weighted by Crippen LogP contribution is 2.37. The molecule has 2 rings (SSSR count). The van der Waals surface area contributed by atoms with Crippen LogP contribution in [0.1, 0.15) is 114 Å². The average Bonchev–Trinajstić information content (AvgIpc) is 2.96. The van der Waals surface area contributed by atoms with Gasteiger partial charge in [0.2, 0.25) is 0 Å². The summed E-state index contributed by atoms with van der Waals surface area (Å²) in [7, 11) is 1.64. The molecule has 0 radical (unpaired) electrons. The maximum atomic E-state index is 13.3. The number of hydrogen-bond donors (Lipinski definition) is 0. The van der Waals surface area contributed by atoms with Gasteiger partial charge >= 0.3 is 0 Å². The minimum Gasteiger partial charge on any atom is -0.493 e. The molecular weight excluding hydrogens is 488 g/mol. The van der Waals surface area contributed by atoms with Crippen molar-refractivity contribution in [3.05, 3.63) is 53.6 Å². The summed E-state index contributed by atoms with van der Waals surface area (Å²) in [5.41, 5.74) is 1.32. The highest BCUT2D eigenvalue weighted by atomic mass is 16.5. The van der Waals surface area contributed by atoms with Crippen LogP contribution in [0, 0.1) is 0 Å². The van der Waals surface area contributed by atoms with Crippen LogP contribution in [0.3, 0.4) is 0 Å². The Bertz CT molecular complexity index is 982. The number of rotatable bonds is 22. The Labute approximate surface area is 236 Å². The fourth-order valence-electron chi connectivity index (χ4n) is 4.29. The van der Waals surface area contributed by atoms with Gasteiger partial charge in [0, 0.05) is 11.6 Å². The second-order valence-electron chi connectivity index (χ2n) is 9.96. The van der Waals surface area contributed by atoms with Crippen molar-refractivity contribution < 1.29 is 23.7 Å². The van der Waals surface area contributed by atoms with Gasteiger partial charge in [-0.05, 0) is 49.6 Å².